The summed E-state index contributed by atoms with van der Waals surface area (Å²) in [6.45, 7) is 7.46. The summed E-state index contributed by atoms with van der Waals surface area (Å²) in [6, 6.07) is 2.11. The van der Waals surface area contributed by atoms with Gasteiger partial charge in [-0.15, -0.1) is 0 Å². The molecule has 0 spiro atoms. The molecule has 1 aromatic heterocycles. The van der Waals surface area contributed by atoms with Gasteiger partial charge in [-0.1, -0.05) is 19.8 Å². The van der Waals surface area contributed by atoms with Gasteiger partial charge < -0.3 is 10.2 Å². The van der Waals surface area contributed by atoms with E-state index in [2.05, 4.69) is 54.0 Å². The lowest BCUT2D eigenvalue weighted by Gasteiger charge is -2.45. The normalized spacial score (nSPS) is 27.1. The van der Waals surface area contributed by atoms with E-state index in [4.69, 9.17) is 0 Å². The average molecular weight is 278 g/mol. The van der Waals surface area contributed by atoms with Crippen LogP contribution in [-0.2, 0) is 13.1 Å². The van der Waals surface area contributed by atoms with Crippen LogP contribution >= 0.6 is 0 Å². The summed E-state index contributed by atoms with van der Waals surface area (Å²) in [5.41, 5.74) is 1.61. The number of hydrogen-bond donors (Lipinski definition) is 1. The van der Waals surface area contributed by atoms with Crippen molar-refractivity contribution in [3.63, 3.8) is 0 Å². The molecule has 1 fully saturated rings. The zero-order valence-corrected chi connectivity index (χ0v) is 13.5. The number of nitrogens with zero attached hydrogens (tertiary/aromatic N) is 3. The van der Waals surface area contributed by atoms with Gasteiger partial charge in [0.1, 0.15) is 0 Å². The fourth-order valence-electron chi connectivity index (χ4n) is 3.58. The van der Waals surface area contributed by atoms with Crippen LogP contribution in [-0.4, -0.2) is 40.9 Å². The molecule has 1 aliphatic carbocycles. The first kappa shape index (κ1) is 15.5. The van der Waals surface area contributed by atoms with Gasteiger partial charge in [0.2, 0.25) is 0 Å². The Labute approximate surface area is 123 Å². The van der Waals surface area contributed by atoms with Crippen LogP contribution in [0.1, 0.15) is 45.2 Å². The molecule has 0 aliphatic heterocycles. The quantitative estimate of drug-likeness (QED) is 0.868. The van der Waals surface area contributed by atoms with Crippen LogP contribution in [0.25, 0.3) is 0 Å². The standard InChI is InChI=1S/C16H30N4/c1-5-20-15(8-10-18-20)12-17-13-16(19(3)4)9-6-7-14(2)11-16/h8,10,14,17H,5-7,9,11-13H2,1-4H3. The number of aryl methyl sites for hydroxylation is 1. The highest BCUT2D eigenvalue weighted by Gasteiger charge is 2.36. The predicted octanol–water partition coefficient (Wildman–Crippen LogP) is 2.50. The van der Waals surface area contributed by atoms with Crippen molar-refractivity contribution < 1.29 is 0 Å². The Hall–Kier alpha value is -0.870. The molecular weight excluding hydrogens is 248 g/mol. The van der Waals surface area contributed by atoms with Gasteiger partial charge in [0, 0.05) is 31.4 Å². The van der Waals surface area contributed by atoms with E-state index in [-0.39, 0.29) is 0 Å². The first-order chi connectivity index (χ1) is 9.57. The topological polar surface area (TPSA) is 33.1 Å². The second-order valence-corrected chi connectivity index (χ2v) is 6.56. The molecule has 0 aromatic carbocycles. The van der Waals surface area contributed by atoms with E-state index in [1.807, 2.05) is 6.20 Å². The van der Waals surface area contributed by atoms with E-state index in [1.54, 1.807) is 0 Å². The second kappa shape index (κ2) is 6.72. The molecule has 0 saturated heterocycles. The molecule has 0 radical (unpaired) electrons. The smallest absolute Gasteiger partial charge is 0.0521 e. The van der Waals surface area contributed by atoms with Gasteiger partial charge in [-0.2, -0.15) is 5.10 Å². The molecule has 0 amide bonds. The molecule has 114 valence electrons. The third kappa shape index (κ3) is 3.41. The highest BCUT2D eigenvalue weighted by atomic mass is 15.3. The third-order valence-corrected chi connectivity index (χ3v) is 4.88. The van der Waals surface area contributed by atoms with Crippen LogP contribution in [0.3, 0.4) is 0 Å². The molecular formula is C16H30N4. The van der Waals surface area contributed by atoms with E-state index in [9.17, 15) is 0 Å². The molecule has 2 rings (SSSR count). The first-order valence-electron chi connectivity index (χ1n) is 7.96. The SMILES string of the molecule is CCn1nccc1CNCC1(N(C)C)CCCC(C)C1. The van der Waals surface area contributed by atoms with E-state index < -0.39 is 0 Å². The highest BCUT2D eigenvalue weighted by molar-refractivity contribution is 5.01. The van der Waals surface area contributed by atoms with Gasteiger partial charge in [-0.05, 0) is 45.8 Å². The van der Waals surface area contributed by atoms with E-state index in [0.29, 0.717) is 5.54 Å². The molecule has 1 aliphatic rings. The van der Waals surface area contributed by atoms with Crippen molar-refractivity contribution in [2.45, 2.75) is 58.2 Å². The van der Waals surface area contributed by atoms with Crippen molar-refractivity contribution >= 4 is 0 Å². The monoisotopic (exact) mass is 278 g/mol. The Balaban J connectivity index is 1.93. The zero-order chi connectivity index (χ0) is 14.6. The Morgan fingerprint density at radius 3 is 2.95 bits per heavy atom. The average Bonchev–Trinajstić information content (AvgIpc) is 2.86. The van der Waals surface area contributed by atoms with E-state index >= 15 is 0 Å². The van der Waals surface area contributed by atoms with Crippen molar-refractivity contribution in [1.29, 1.82) is 0 Å². The van der Waals surface area contributed by atoms with Crippen molar-refractivity contribution in [2.24, 2.45) is 5.92 Å². The number of rotatable bonds is 6. The van der Waals surface area contributed by atoms with Crippen LogP contribution in [0.15, 0.2) is 12.3 Å². The van der Waals surface area contributed by atoms with Crippen LogP contribution in [0.4, 0.5) is 0 Å². The summed E-state index contributed by atoms with van der Waals surface area (Å²) < 4.78 is 2.07. The Morgan fingerprint density at radius 2 is 2.30 bits per heavy atom. The molecule has 0 bridgehead atoms. The lowest BCUT2D eigenvalue weighted by molar-refractivity contribution is 0.0748. The molecule has 1 N–H and O–H groups in total. The Bertz CT molecular complexity index is 412. The van der Waals surface area contributed by atoms with E-state index in [0.717, 1.165) is 25.6 Å². The van der Waals surface area contributed by atoms with Gasteiger partial charge in [-0.25, -0.2) is 0 Å². The summed E-state index contributed by atoms with van der Waals surface area (Å²) in [7, 11) is 4.46. The molecule has 2 atom stereocenters. The van der Waals surface area contributed by atoms with Gasteiger partial charge in [0.05, 0.1) is 5.69 Å². The molecule has 4 nitrogen and oxygen atoms in total. The van der Waals surface area contributed by atoms with Crippen molar-refractivity contribution in [2.75, 3.05) is 20.6 Å². The summed E-state index contributed by atoms with van der Waals surface area (Å²) in [4.78, 5) is 2.44. The summed E-state index contributed by atoms with van der Waals surface area (Å²) in [6.07, 6.45) is 7.25. The molecule has 1 heterocycles. The van der Waals surface area contributed by atoms with Crippen molar-refractivity contribution in [3.8, 4) is 0 Å². The molecule has 20 heavy (non-hydrogen) atoms. The molecule has 2 unspecified atom stereocenters. The third-order valence-electron chi connectivity index (χ3n) is 4.88. The summed E-state index contributed by atoms with van der Waals surface area (Å²) >= 11 is 0. The van der Waals surface area contributed by atoms with Crippen LogP contribution in [0.5, 0.6) is 0 Å². The van der Waals surface area contributed by atoms with Crippen molar-refractivity contribution in [1.82, 2.24) is 20.0 Å². The Morgan fingerprint density at radius 1 is 1.50 bits per heavy atom. The highest BCUT2D eigenvalue weighted by Crippen LogP contribution is 2.35. The number of likely N-dealkylation sites (N-methyl/N-ethyl adjacent to an activating group) is 1. The fraction of sp³-hybridized carbons (Fsp3) is 0.812. The minimum atomic E-state index is 0.328. The lowest BCUT2D eigenvalue weighted by atomic mass is 9.75. The molecule has 1 saturated carbocycles. The Kier molecular flexibility index (Phi) is 5.22. The summed E-state index contributed by atoms with van der Waals surface area (Å²) in [5.74, 6) is 0.842. The zero-order valence-electron chi connectivity index (χ0n) is 13.5. The minimum absolute atomic E-state index is 0.328. The maximum absolute atomic E-state index is 4.33. The minimum Gasteiger partial charge on any atom is -0.309 e. The maximum Gasteiger partial charge on any atom is 0.0521 e. The lowest BCUT2D eigenvalue weighted by Crippen LogP contribution is -2.54. The first-order valence-corrected chi connectivity index (χ1v) is 7.96. The number of nitrogens with one attached hydrogen (secondary N) is 1. The van der Waals surface area contributed by atoms with Crippen LogP contribution in [0, 0.1) is 5.92 Å². The summed E-state index contributed by atoms with van der Waals surface area (Å²) in [5, 5.41) is 8.00. The predicted molar refractivity (Wildman–Crippen MR) is 83.7 cm³/mol. The molecule has 1 aromatic rings. The van der Waals surface area contributed by atoms with Gasteiger partial charge in [0.25, 0.3) is 0 Å². The fourth-order valence-corrected chi connectivity index (χ4v) is 3.58. The van der Waals surface area contributed by atoms with Crippen LogP contribution in [0.2, 0.25) is 0 Å². The second-order valence-electron chi connectivity index (χ2n) is 6.56. The van der Waals surface area contributed by atoms with E-state index in [1.165, 1.54) is 31.4 Å². The van der Waals surface area contributed by atoms with Crippen molar-refractivity contribution in [3.05, 3.63) is 18.0 Å². The largest absolute Gasteiger partial charge is 0.309 e. The van der Waals surface area contributed by atoms with Gasteiger partial charge in [0.15, 0.2) is 0 Å². The van der Waals surface area contributed by atoms with Gasteiger partial charge in [-0.3, -0.25) is 4.68 Å². The maximum atomic E-state index is 4.33. The number of aromatic nitrogens is 2. The molecule has 4 heteroatoms. The van der Waals surface area contributed by atoms with Crippen LogP contribution < -0.4 is 5.32 Å². The number of hydrogen-bond acceptors (Lipinski definition) is 3. The van der Waals surface area contributed by atoms with Gasteiger partial charge >= 0.3 is 0 Å².